The van der Waals surface area contributed by atoms with E-state index in [-0.39, 0.29) is 5.16 Å². The number of aliphatic imine (C=N–C) groups is 1. The van der Waals surface area contributed by atoms with Crippen molar-refractivity contribution in [3.05, 3.63) is 35.2 Å². The number of rotatable bonds is 1. The molecule has 0 bridgehead atoms. The van der Waals surface area contributed by atoms with Crippen molar-refractivity contribution in [1.82, 2.24) is 14.9 Å². The first kappa shape index (κ1) is 14.9. The van der Waals surface area contributed by atoms with E-state index in [2.05, 4.69) is 20.6 Å². The minimum absolute atomic E-state index is 0.174. The summed E-state index contributed by atoms with van der Waals surface area (Å²) in [5.74, 6) is -0.242. The first-order valence-corrected chi connectivity index (χ1v) is 7.41. The van der Waals surface area contributed by atoms with Gasteiger partial charge in [0.15, 0.2) is 0 Å². The molecule has 1 aromatic heterocycles. The number of benzene rings is 1. The highest BCUT2D eigenvalue weighted by Crippen LogP contribution is 2.32. The van der Waals surface area contributed by atoms with Crippen LogP contribution in [0.15, 0.2) is 28.3 Å². The minimum atomic E-state index is -4.57. The lowest BCUT2D eigenvalue weighted by Crippen LogP contribution is -2.33. The summed E-state index contributed by atoms with van der Waals surface area (Å²) in [7, 11) is 0. The SMILES string of the molecule is Cc1cccc(C)c1N=C1CSc2nnc(C(F)(F)F)n2N1. The second-order valence-electron chi connectivity index (χ2n) is 4.84. The molecule has 116 valence electrons. The highest BCUT2D eigenvalue weighted by atomic mass is 32.2. The lowest BCUT2D eigenvalue weighted by Gasteiger charge is -2.20. The van der Waals surface area contributed by atoms with Gasteiger partial charge in [-0.15, -0.1) is 10.2 Å². The Morgan fingerprint density at radius 3 is 2.55 bits per heavy atom. The molecule has 9 heteroatoms. The largest absolute Gasteiger partial charge is 0.453 e. The van der Waals surface area contributed by atoms with Crippen LogP contribution in [0.4, 0.5) is 18.9 Å². The smallest absolute Gasteiger partial charge is 0.276 e. The molecule has 5 nitrogen and oxygen atoms in total. The van der Waals surface area contributed by atoms with Crippen molar-refractivity contribution in [2.75, 3.05) is 11.2 Å². The molecule has 3 rings (SSSR count). The Morgan fingerprint density at radius 1 is 1.23 bits per heavy atom. The molecule has 2 heterocycles. The molecule has 0 atom stereocenters. The summed E-state index contributed by atoms with van der Waals surface area (Å²) in [6.07, 6.45) is -4.57. The molecular formula is C13H12F3N5S. The minimum Gasteiger partial charge on any atom is -0.276 e. The van der Waals surface area contributed by atoms with E-state index in [1.54, 1.807) is 0 Å². The molecule has 2 aromatic rings. The normalized spacial score (nSPS) is 16.5. The molecule has 0 aliphatic carbocycles. The van der Waals surface area contributed by atoms with Crippen LogP contribution < -0.4 is 5.43 Å². The highest BCUT2D eigenvalue weighted by molar-refractivity contribution is 7.99. The zero-order valence-electron chi connectivity index (χ0n) is 11.8. The molecule has 0 fully saturated rings. The fraction of sp³-hybridized carbons (Fsp3) is 0.308. The van der Waals surface area contributed by atoms with Crippen LogP contribution in [0.1, 0.15) is 17.0 Å². The summed E-state index contributed by atoms with van der Waals surface area (Å²) in [5.41, 5.74) is 5.34. The number of fused-ring (bicyclic) bond motifs is 1. The summed E-state index contributed by atoms with van der Waals surface area (Å²) in [6, 6.07) is 5.73. The van der Waals surface area contributed by atoms with E-state index in [1.807, 2.05) is 32.0 Å². The van der Waals surface area contributed by atoms with Gasteiger partial charge in [-0.25, -0.2) is 9.67 Å². The van der Waals surface area contributed by atoms with E-state index in [1.165, 1.54) is 0 Å². The summed E-state index contributed by atoms with van der Waals surface area (Å²) in [4.78, 5) is 4.46. The van der Waals surface area contributed by atoms with Gasteiger partial charge in [0.2, 0.25) is 5.16 Å². The van der Waals surface area contributed by atoms with Crippen LogP contribution in [0, 0.1) is 13.8 Å². The molecular weight excluding hydrogens is 315 g/mol. The Balaban J connectivity index is 1.98. The van der Waals surface area contributed by atoms with Gasteiger partial charge in [-0.1, -0.05) is 30.0 Å². The Kier molecular flexibility index (Phi) is 3.59. The van der Waals surface area contributed by atoms with Gasteiger partial charge in [0.25, 0.3) is 5.82 Å². The molecule has 0 unspecified atom stereocenters. The number of alkyl halides is 3. The lowest BCUT2D eigenvalue weighted by molar-refractivity contribution is -0.146. The van der Waals surface area contributed by atoms with Crippen molar-refractivity contribution < 1.29 is 13.2 Å². The molecule has 0 spiro atoms. The maximum absolute atomic E-state index is 12.9. The van der Waals surface area contributed by atoms with Crippen molar-refractivity contribution in [2.45, 2.75) is 25.2 Å². The van der Waals surface area contributed by atoms with E-state index >= 15 is 0 Å². The Bertz CT molecular complexity index is 730. The fourth-order valence-corrected chi connectivity index (χ4v) is 2.87. The Hall–Kier alpha value is -2.03. The molecule has 0 saturated carbocycles. The molecule has 1 aliphatic heterocycles. The summed E-state index contributed by atoms with van der Waals surface area (Å²) in [5, 5.41) is 6.91. The van der Waals surface area contributed by atoms with Crippen molar-refractivity contribution in [3.63, 3.8) is 0 Å². The standard InChI is InChI=1S/C13H12F3N5S/c1-7-4-3-5-8(2)10(7)17-9-6-22-12-19-18-11(13(14,15)16)21(12)20-9/h3-5H,6H2,1-2H3,(H,17,20). The second-order valence-corrected chi connectivity index (χ2v) is 5.78. The van der Waals surface area contributed by atoms with Crippen LogP contribution in [0.3, 0.4) is 0 Å². The second kappa shape index (κ2) is 5.31. The average Bonchev–Trinajstić information content (AvgIpc) is 2.86. The van der Waals surface area contributed by atoms with Gasteiger partial charge in [0, 0.05) is 0 Å². The molecule has 1 aromatic carbocycles. The molecule has 0 radical (unpaired) electrons. The number of nitrogens with one attached hydrogen (secondary N) is 1. The third-order valence-corrected chi connectivity index (χ3v) is 4.09. The number of amidine groups is 1. The number of nitrogens with zero attached hydrogens (tertiary/aromatic N) is 4. The van der Waals surface area contributed by atoms with Crippen molar-refractivity contribution in [2.24, 2.45) is 4.99 Å². The lowest BCUT2D eigenvalue weighted by atomic mass is 10.1. The van der Waals surface area contributed by atoms with E-state index in [0.717, 1.165) is 33.3 Å². The van der Waals surface area contributed by atoms with Gasteiger partial charge in [0.1, 0.15) is 5.84 Å². The third-order valence-electron chi connectivity index (χ3n) is 3.15. The van der Waals surface area contributed by atoms with Gasteiger partial charge in [-0.05, 0) is 25.0 Å². The highest BCUT2D eigenvalue weighted by Gasteiger charge is 2.40. The van der Waals surface area contributed by atoms with Gasteiger partial charge >= 0.3 is 6.18 Å². The number of aromatic nitrogens is 3. The number of aryl methyl sites for hydroxylation is 2. The third kappa shape index (κ3) is 2.68. The average molecular weight is 327 g/mol. The van der Waals surface area contributed by atoms with E-state index < -0.39 is 12.0 Å². The molecule has 0 saturated heterocycles. The number of hydrogen-bond acceptors (Lipinski definition) is 4. The van der Waals surface area contributed by atoms with Crippen LogP contribution in [0.5, 0.6) is 0 Å². The molecule has 22 heavy (non-hydrogen) atoms. The number of hydrogen-bond donors (Lipinski definition) is 1. The molecule has 0 amide bonds. The van der Waals surface area contributed by atoms with Crippen LogP contribution in [0.2, 0.25) is 0 Å². The van der Waals surface area contributed by atoms with Crippen molar-refractivity contribution >= 4 is 23.3 Å². The number of thioether (sulfide) groups is 1. The quantitative estimate of drug-likeness (QED) is 0.873. The number of para-hydroxylation sites is 1. The van der Waals surface area contributed by atoms with E-state index in [9.17, 15) is 13.2 Å². The van der Waals surface area contributed by atoms with Gasteiger partial charge in [-0.3, -0.25) is 5.43 Å². The predicted molar refractivity (Wildman–Crippen MR) is 78.1 cm³/mol. The van der Waals surface area contributed by atoms with Crippen LogP contribution >= 0.6 is 11.8 Å². The topological polar surface area (TPSA) is 55.1 Å². The zero-order chi connectivity index (χ0) is 15.9. The Morgan fingerprint density at radius 2 is 1.91 bits per heavy atom. The van der Waals surface area contributed by atoms with Crippen LogP contribution in [0.25, 0.3) is 0 Å². The van der Waals surface area contributed by atoms with Crippen LogP contribution in [-0.2, 0) is 6.18 Å². The fourth-order valence-electron chi connectivity index (χ4n) is 2.12. The van der Waals surface area contributed by atoms with Crippen molar-refractivity contribution in [1.29, 1.82) is 0 Å². The summed E-state index contributed by atoms with van der Waals surface area (Å²) in [6.45, 7) is 3.82. The Labute approximate surface area is 128 Å². The molecule has 1 aliphatic rings. The van der Waals surface area contributed by atoms with Gasteiger partial charge in [0.05, 0.1) is 11.4 Å². The van der Waals surface area contributed by atoms with E-state index in [4.69, 9.17) is 0 Å². The summed E-state index contributed by atoms with van der Waals surface area (Å²) >= 11 is 1.16. The van der Waals surface area contributed by atoms with Gasteiger partial charge in [-0.2, -0.15) is 13.2 Å². The first-order chi connectivity index (χ1) is 10.4. The zero-order valence-corrected chi connectivity index (χ0v) is 12.6. The maximum atomic E-state index is 12.9. The van der Waals surface area contributed by atoms with E-state index in [0.29, 0.717) is 11.6 Å². The monoisotopic (exact) mass is 327 g/mol. The molecule has 1 N–H and O–H groups in total. The summed E-state index contributed by atoms with van der Waals surface area (Å²) < 4.78 is 39.5. The van der Waals surface area contributed by atoms with Crippen molar-refractivity contribution in [3.8, 4) is 0 Å². The van der Waals surface area contributed by atoms with Crippen LogP contribution in [-0.4, -0.2) is 26.5 Å². The first-order valence-electron chi connectivity index (χ1n) is 6.42. The predicted octanol–water partition coefficient (Wildman–Crippen LogP) is 3.29. The maximum Gasteiger partial charge on any atom is 0.453 e. The van der Waals surface area contributed by atoms with Gasteiger partial charge < -0.3 is 0 Å². The number of halogens is 3.